The van der Waals surface area contributed by atoms with Crippen LogP contribution < -0.4 is 11.1 Å². The second-order valence-electron chi connectivity index (χ2n) is 7.01. The number of rotatable bonds is 4. The van der Waals surface area contributed by atoms with E-state index in [4.69, 9.17) is 5.73 Å². The molecule has 2 unspecified atom stereocenters. The number of nitrogens with one attached hydrogen (secondary N) is 1. The summed E-state index contributed by atoms with van der Waals surface area (Å²) in [6, 6.07) is 0. The molecule has 2 fully saturated rings. The summed E-state index contributed by atoms with van der Waals surface area (Å²) >= 11 is 0. The zero-order valence-corrected chi connectivity index (χ0v) is 15.1. The number of halogens is 2. The third kappa shape index (κ3) is 4.47. The van der Waals surface area contributed by atoms with Gasteiger partial charge >= 0.3 is 0 Å². The van der Waals surface area contributed by atoms with E-state index in [0.717, 1.165) is 38.1 Å². The molecule has 0 bridgehead atoms. The summed E-state index contributed by atoms with van der Waals surface area (Å²) in [6.45, 7) is 3.05. The summed E-state index contributed by atoms with van der Waals surface area (Å²) in [6.07, 6.45) is 7.65. The van der Waals surface area contributed by atoms with E-state index in [1.54, 1.807) is 0 Å². The minimum atomic E-state index is -0.576. The minimum Gasteiger partial charge on any atom is -0.353 e. The SMILES string of the molecule is CC1CCCC(CNC(=O)C2(N)CCC2)(N(C)C)C1.Cl.Cl. The molecule has 6 heteroatoms. The number of nitrogens with zero attached hydrogens (tertiary/aromatic N) is 1. The van der Waals surface area contributed by atoms with Gasteiger partial charge in [0.1, 0.15) is 0 Å². The van der Waals surface area contributed by atoms with Crippen LogP contribution in [0.25, 0.3) is 0 Å². The maximum Gasteiger partial charge on any atom is 0.240 e. The quantitative estimate of drug-likeness (QED) is 0.826. The fraction of sp³-hybridized carbons (Fsp3) is 0.933. The highest BCUT2D eigenvalue weighted by Crippen LogP contribution is 2.35. The number of hydrogen-bond acceptors (Lipinski definition) is 3. The molecular weight excluding hydrogens is 309 g/mol. The molecule has 3 N–H and O–H groups in total. The standard InChI is InChI=1S/C15H29N3O.2ClH/c1-12-6-4-7-14(10-12,18(2)3)11-17-13(19)15(16)8-5-9-15;;/h12H,4-11,16H2,1-3H3,(H,17,19);2*1H. The van der Waals surface area contributed by atoms with Gasteiger partial charge in [-0.2, -0.15) is 0 Å². The van der Waals surface area contributed by atoms with E-state index in [9.17, 15) is 4.79 Å². The molecule has 21 heavy (non-hydrogen) atoms. The molecule has 2 aliphatic carbocycles. The largest absolute Gasteiger partial charge is 0.353 e. The Morgan fingerprint density at radius 3 is 2.29 bits per heavy atom. The number of carbonyl (C=O) groups excluding carboxylic acids is 1. The fourth-order valence-electron chi connectivity index (χ4n) is 3.56. The Morgan fingerprint density at radius 2 is 1.86 bits per heavy atom. The predicted octanol–water partition coefficient (Wildman–Crippen LogP) is 2.34. The van der Waals surface area contributed by atoms with E-state index in [1.807, 2.05) is 0 Å². The van der Waals surface area contributed by atoms with Crippen LogP contribution in [-0.4, -0.2) is 42.5 Å². The molecule has 0 spiro atoms. The summed E-state index contributed by atoms with van der Waals surface area (Å²) in [4.78, 5) is 14.5. The lowest BCUT2D eigenvalue weighted by Crippen LogP contribution is -2.62. The summed E-state index contributed by atoms with van der Waals surface area (Å²) in [5.41, 5.74) is 5.63. The van der Waals surface area contributed by atoms with E-state index in [-0.39, 0.29) is 36.3 Å². The number of carbonyl (C=O) groups is 1. The highest BCUT2D eigenvalue weighted by molar-refractivity contribution is 5.87. The first-order valence-corrected chi connectivity index (χ1v) is 7.63. The Bertz CT molecular complexity index is 348. The lowest BCUT2D eigenvalue weighted by Gasteiger charge is -2.46. The maximum atomic E-state index is 12.2. The lowest BCUT2D eigenvalue weighted by molar-refractivity contribution is -0.130. The molecule has 0 aliphatic heterocycles. The van der Waals surface area contributed by atoms with Gasteiger partial charge in [0.05, 0.1) is 5.54 Å². The maximum absolute atomic E-state index is 12.2. The molecule has 2 saturated carbocycles. The van der Waals surface area contributed by atoms with Crippen molar-refractivity contribution in [2.75, 3.05) is 20.6 Å². The lowest BCUT2D eigenvalue weighted by atomic mass is 9.74. The predicted molar refractivity (Wildman–Crippen MR) is 92.3 cm³/mol. The minimum absolute atomic E-state index is 0. The Balaban J connectivity index is 0.00000200. The van der Waals surface area contributed by atoms with Crippen molar-refractivity contribution in [3.8, 4) is 0 Å². The van der Waals surface area contributed by atoms with Gasteiger partial charge in [0.25, 0.3) is 0 Å². The van der Waals surface area contributed by atoms with Gasteiger partial charge in [-0.25, -0.2) is 0 Å². The van der Waals surface area contributed by atoms with Crippen LogP contribution in [0.3, 0.4) is 0 Å². The van der Waals surface area contributed by atoms with Gasteiger partial charge in [-0.3, -0.25) is 4.79 Å². The van der Waals surface area contributed by atoms with Gasteiger partial charge in [-0.1, -0.05) is 19.8 Å². The van der Waals surface area contributed by atoms with E-state index in [1.165, 1.54) is 19.3 Å². The zero-order chi connectivity index (χ0) is 14.1. The van der Waals surface area contributed by atoms with E-state index in [0.29, 0.717) is 0 Å². The topological polar surface area (TPSA) is 58.4 Å². The fourth-order valence-corrected chi connectivity index (χ4v) is 3.56. The zero-order valence-electron chi connectivity index (χ0n) is 13.5. The van der Waals surface area contributed by atoms with Gasteiger partial charge in [0, 0.05) is 12.1 Å². The molecule has 0 aromatic carbocycles. The first-order chi connectivity index (χ1) is 8.88. The van der Waals surface area contributed by atoms with Gasteiger partial charge in [0.2, 0.25) is 5.91 Å². The van der Waals surface area contributed by atoms with Crippen molar-refractivity contribution < 1.29 is 4.79 Å². The molecule has 0 heterocycles. The van der Waals surface area contributed by atoms with Gasteiger partial charge < -0.3 is 16.0 Å². The van der Waals surface area contributed by atoms with Crippen LogP contribution in [0.5, 0.6) is 0 Å². The average Bonchev–Trinajstić information content (AvgIpc) is 2.33. The highest BCUT2D eigenvalue weighted by Gasteiger charge is 2.42. The second-order valence-corrected chi connectivity index (χ2v) is 7.01. The van der Waals surface area contributed by atoms with Crippen molar-refractivity contribution in [2.45, 2.75) is 62.9 Å². The van der Waals surface area contributed by atoms with E-state index in [2.05, 4.69) is 31.2 Å². The van der Waals surface area contributed by atoms with Crippen LogP contribution in [0.2, 0.25) is 0 Å². The summed E-state index contributed by atoms with van der Waals surface area (Å²) in [5.74, 6) is 0.793. The van der Waals surface area contributed by atoms with Crippen LogP contribution in [0.4, 0.5) is 0 Å². The Morgan fingerprint density at radius 1 is 1.24 bits per heavy atom. The molecular formula is C15H31Cl2N3O. The third-order valence-corrected chi connectivity index (χ3v) is 5.29. The Labute approximate surface area is 141 Å². The van der Waals surface area contributed by atoms with Crippen LogP contribution in [0.15, 0.2) is 0 Å². The number of nitrogens with two attached hydrogens (primary N) is 1. The summed E-state index contributed by atoms with van der Waals surface area (Å²) < 4.78 is 0. The number of hydrogen-bond donors (Lipinski definition) is 2. The molecule has 1 amide bonds. The smallest absolute Gasteiger partial charge is 0.240 e. The van der Waals surface area contributed by atoms with Crippen LogP contribution in [-0.2, 0) is 4.79 Å². The Kier molecular flexibility index (Phi) is 7.99. The molecule has 4 nitrogen and oxygen atoms in total. The molecule has 2 aliphatic rings. The number of amides is 1. The first-order valence-electron chi connectivity index (χ1n) is 7.63. The van der Waals surface area contributed by atoms with Crippen LogP contribution in [0, 0.1) is 5.92 Å². The summed E-state index contributed by atoms with van der Waals surface area (Å²) in [5, 5.41) is 3.13. The highest BCUT2D eigenvalue weighted by atomic mass is 35.5. The van der Waals surface area contributed by atoms with Crippen LogP contribution in [0.1, 0.15) is 51.9 Å². The molecule has 0 aromatic rings. The molecule has 0 aromatic heterocycles. The summed E-state index contributed by atoms with van der Waals surface area (Å²) in [7, 11) is 4.26. The molecule has 0 radical (unpaired) electrons. The van der Waals surface area contributed by atoms with E-state index >= 15 is 0 Å². The van der Waals surface area contributed by atoms with Crippen molar-refractivity contribution in [3.63, 3.8) is 0 Å². The normalized spacial score (nSPS) is 30.6. The van der Waals surface area contributed by atoms with Gasteiger partial charge in [-0.15, -0.1) is 24.8 Å². The van der Waals surface area contributed by atoms with Gasteiger partial charge in [-0.05, 0) is 52.1 Å². The number of likely N-dealkylation sites (N-methyl/N-ethyl adjacent to an activating group) is 1. The molecule has 2 rings (SSSR count). The van der Waals surface area contributed by atoms with E-state index < -0.39 is 5.54 Å². The first kappa shape index (κ1) is 21.0. The Hall–Kier alpha value is -0.0300. The van der Waals surface area contributed by atoms with Crippen molar-refractivity contribution in [3.05, 3.63) is 0 Å². The molecule has 126 valence electrons. The van der Waals surface area contributed by atoms with Crippen molar-refractivity contribution >= 4 is 30.7 Å². The molecule has 0 saturated heterocycles. The van der Waals surface area contributed by atoms with Crippen molar-refractivity contribution in [1.29, 1.82) is 0 Å². The van der Waals surface area contributed by atoms with Crippen molar-refractivity contribution in [2.24, 2.45) is 11.7 Å². The third-order valence-electron chi connectivity index (χ3n) is 5.29. The van der Waals surface area contributed by atoms with Gasteiger partial charge in [0.15, 0.2) is 0 Å². The molecule has 2 atom stereocenters. The van der Waals surface area contributed by atoms with Crippen LogP contribution >= 0.6 is 24.8 Å². The van der Waals surface area contributed by atoms with Crippen molar-refractivity contribution in [1.82, 2.24) is 10.2 Å². The average molecular weight is 340 g/mol. The second kappa shape index (κ2) is 8.00. The monoisotopic (exact) mass is 339 g/mol.